The van der Waals surface area contributed by atoms with Gasteiger partial charge in [-0.2, -0.15) is 0 Å². The molecule has 2 atom stereocenters. The summed E-state index contributed by atoms with van der Waals surface area (Å²) in [5.41, 5.74) is 6.12. The van der Waals surface area contributed by atoms with Gasteiger partial charge in [-0.15, -0.1) is 0 Å². The number of aromatic nitrogens is 2. The molecular formula is C38H41Cl2N5O6. The van der Waals surface area contributed by atoms with Crippen LogP contribution in [0.4, 0.5) is 5.69 Å². The van der Waals surface area contributed by atoms with E-state index in [9.17, 15) is 19.8 Å². The van der Waals surface area contributed by atoms with Crippen molar-refractivity contribution in [3.05, 3.63) is 92.5 Å². The maximum atomic E-state index is 13.6. The number of rotatable bonds is 12. The van der Waals surface area contributed by atoms with Gasteiger partial charge >= 0.3 is 5.97 Å². The summed E-state index contributed by atoms with van der Waals surface area (Å²) in [6, 6.07) is 15.2. The molecule has 1 amide bonds. The van der Waals surface area contributed by atoms with Gasteiger partial charge in [-0.25, -0.2) is 4.98 Å². The van der Waals surface area contributed by atoms with E-state index in [0.29, 0.717) is 59.0 Å². The number of carboxylic acids is 1. The third-order valence-electron chi connectivity index (χ3n) is 10.5. The van der Waals surface area contributed by atoms with Gasteiger partial charge in [0.05, 0.1) is 35.1 Å². The molecule has 4 N–H and O–H groups in total. The molecule has 1 aromatic heterocycles. The predicted molar refractivity (Wildman–Crippen MR) is 195 cm³/mol. The summed E-state index contributed by atoms with van der Waals surface area (Å²) in [5, 5.41) is 26.1. The van der Waals surface area contributed by atoms with Crippen LogP contribution in [0.5, 0.6) is 11.5 Å². The Labute approximate surface area is 306 Å². The standard InChI is InChI=1S/C38H41Cl2N5O6/c1-21(20-46)45-15-12-30-29(19-45)42-35(44(30)2)36(47)43-28-9-5-8-26(34(28)40)23-6-4-7-25-24(23)10-11-31(25)51-33-17-32(50-3)22(16-27(33)39)18-41-38(13-14-38)37(48)49/h4-9,16-17,21,31,41,46H,10-15,18-20H2,1-3H3,(H,43,47)(H,48,49). The number of carbonyl (C=O) groups is 2. The van der Waals surface area contributed by atoms with E-state index in [1.807, 2.05) is 48.9 Å². The zero-order valence-corrected chi connectivity index (χ0v) is 30.3. The van der Waals surface area contributed by atoms with E-state index < -0.39 is 11.5 Å². The Hall–Kier alpha value is -4.13. The quantitative estimate of drug-likeness (QED) is 0.135. The van der Waals surface area contributed by atoms with Crippen molar-refractivity contribution in [2.24, 2.45) is 7.05 Å². The van der Waals surface area contributed by atoms with E-state index >= 15 is 0 Å². The lowest BCUT2D eigenvalue weighted by Crippen LogP contribution is -2.39. The van der Waals surface area contributed by atoms with Gasteiger partial charge in [0, 0.05) is 62.0 Å². The number of carbonyl (C=O) groups excluding carboxylic acids is 1. The molecule has 11 nitrogen and oxygen atoms in total. The van der Waals surface area contributed by atoms with Crippen molar-refractivity contribution < 1.29 is 29.3 Å². The zero-order valence-electron chi connectivity index (χ0n) is 28.8. The average Bonchev–Trinajstić information content (AvgIpc) is 3.72. The van der Waals surface area contributed by atoms with E-state index in [1.54, 1.807) is 25.3 Å². The maximum absolute atomic E-state index is 13.6. The Morgan fingerprint density at radius 3 is 2.59 bits per heavy atom. The molecule has 1 fully saturated rings. The molecule has 4 aromatic rings. The predicted octanol–water partition coefficient (Wildman–Crippen LogP) is 6.17. The van der Waals surface area contributed by atoms with Gasteiger partial charge in [0.15, 0.2) is 5.82 Å². The number of amides is 1. The number of methoxy groups -OCH3 is 1. The number of halogens is 2. The van der Waals surface area contributed by atoms with Gasteiger partial charge in [0.25, 0.3) is 5.91 Å². The summed E-state index contributed by atoms with van der Waals surface area (Å²) in [4.78, 5) is 32.0. The largest absolute Gasteiger partial charge is 0.496 e. The van der Waals surface area contributed by atoms with E-state index in [2.05, 4.69) is 15.5 Å². The highest BCUT2D eigenvalue weighted by Gasteiger charge is 2.50. The number of nitrogens with one attached hydrogen (secondary N) is 2. The molecule has 0 radical (unpaired) electrons. The van der Waals surface area contributed by atoms with Crippen molar-refractivity contribution in [2.45, 2.75) is 69.8 Å². The second kappa shape index (κ2) is 14.1. The third-order valence-corrected chi connectivity index (χ3v) is 11.2. The minimum atomic E-state index is -0.881. The molecule has 0 spiro atoms. The lowest BCUT2D eigenvalue weighted by Gasteiger charge is -2.30. The number of benzene rings is 3. The number of nitrogens with zero attached hydrogens (tertiary/aromatic N) is 3. The number of imidazole rings is 1. The first-order valence-electron chi connectivity index (χ1n) is 17.2. The monoisotopic (exact) mass is 733 g/mol. The van der Waals surface area contributed by atoms with Crippen LogP contribution in [0.2, 0.25) is 10.0 Å². The molecule has 268 valence electrons. The number of hydrogen-bond donors (Lipinski definition) is 4. The summed E-state index contributed by atoms with van der Waals surface area (Å²) < 4.78 is 14.0. The summed E-state index contributed by atoms with van der Waals surface area (Å²) in [5.74, 6) is 0.156. The Bertz CT molecular complexity index is 2010. The van der Waals surface area contributed by atoms with Crippen LogP contribution >= 0.6 is 23.2 Å². The Morgan fingerprint density at radius 2 is 1.86 bits per heavy atom. The van der Waals surface area contributed by atoms with Gasteiger partial charge in [-0.05, 0) is 61.4 Å². The highest BCUT2D eigenvalue weighted by Crippen LogP contribution is 2.45. The highest BCUT2D eigenvalue weighted by molar-refractivity contribution is 6.36. The van der Waals surface area contributed by atoms with Crippen molar-refractivity contribution in [3.63, 3.8) is 0 Å². The van der Waals surface area contributed by atoms with Gasteiger partial charge in [-0.3, -0.25) is 19.8 Å². The molecule has 3 aliphatic rings. The van der Waals surface area contributed by atoms with Crippen molar-refractivity contribution in [1.29, 1.82) is 0 Å². The van der Waals surface area contributed by atoms with Crippen molar-refractivity contribution in [1.82, 2.24) is 19.8 Å². The Kier molecular flexibility index (Phi) is 9.77. The zero-order chi connectivity index (χ0) is 36.0. The number of hydrogen-bond acceptors (Lipinski definition) is 8. The molecule has 3 aromatic carbocycles. The van der Waals surface area contributed by atoms with E-state index in [-0.39, 0.29) is 24.7 Å². The minimum absolute atomic E-state index is 0.0175. The molecule has 0 bridgehead atoms. The van der Waals surface area contributed by atoms with Crippen LogP contribution in [0.3, 0.4) is 0 Å². The van der Waals surface area contributed by atoms with E-state index in [0.717, 1.165) is 65.0 Å². The fourth-order valence-corrected chi connectivity index (χ4v) is 7.76. The van der Waals surface area contributed by atoms with Crippen LogP contribution in [0.25, 0.3) is 11.1 Å². The number of aliphatic hydroxyl groups is 1. The molecule has 2 heterocycles. The smallest absolute Gasteiger partial charge is 0.323 e. The van der Waals surface area contributed by atoms with Crippen LogP contribution < -0.4 is 20.1 Å². The van der Waals surface area contributed by atoms with Crippen LogP contribution in [0.1, 0.15) is 71.0 Å². The summed E-state index contributed by atoms with van der Waals surface area (Å²) in [7, 11) is 3.42. The summed E-state index contributed by atoms with van der Waals surface area (Å²) >= 11 is 13.7. The number of aliphatic hydroxyl groups excluding tert-OH is 1. The number of anilines is 1. The van der Waals surface area contributed by atoms with E-state index in [1.165, 1.54) is 0 Å². The highest BCUT2D eigenvalue weighted by atomic mass is 35.5. The fraction of sp³-hybridized carbons (Fsp3) is 0.395. The minimum Gasteiger partial charge on any atom is -0.496 e. The molecule has 1 aliphatic heterocycles. The molecule has 0 saturated heterocycles. The summed E-state index contributed by atoms with van der Waals surface area (Å²) in [6.07, 6.45) is 3.13. The van der Waals surface area contributed by atoms with Crippen LogP contribution in [-0.2, 0) is 37.8 Å². The number of ether oxygens (including phenoxy) is 2. The lowest BCUT2D eigenvalue weighted by atomic mass is 9.96. The molecule has 13 heteroatoms. The molecule has 2 aliphatic carbocycles. The SMILES string of the molecule is COc1cc(OC2CCc3c(-c4cccc(NC(=O)c5nc6c(n5C)CCN(C(C)CO)C6)c4Cl)cccc32)c(Cl)cc1CNC1(C(=O)O)CC1. The fourth-order valence-electron chi connectivity index (χ4n) is 7.25. The van der Waals surface area contributed by atoms with E-state index in [4.69, 9.17) is 37.7 Å². The first-order valence-corrected chi connectivity index (χ1v) is 17.9. The molecular weight excluding hydrogens is 693 g/mol. The van der Waals surface area contributed by atoms with Crippen molar-refractivity contribution in [2.75, 3.05) is 25.6 Å². The topological polar surface area (TPSA) is 138 Å². The van der Waals surface area contributed by atoms with Crippen LogP contribution in [0.15, 0.2) is 48.5 Å². The third kappa shape index (κ3) is 6.69. The number of carboxylic acid groups (broad SMARTS) is 1. The molecule has 7 rings (SSSR count). The van der Waals surface area contributed by atoms with Gasteiger partial charge in [-0.1, -0.05) is 53.5 Å². The number of aliphatic carboxylic acids is 1. The first kappa shape index (κ1) is 35.3. The molecule has 2 unspecified atom stereocenters. The lowest BCUT2D eigenvalue weighted by molar-refractivity contribution is -0.140. The summed E-state index contributed by atoms with van der Waals surface area (Å²) in [6.45, 7) is 3.72. The van der Waals surface area contributed by atoms with Gasteiger partial charge < -0.3 is 29.6 Å². The first-order chi connectivity index (χ1) is 24.5. The van der Waals surface area contributed by atoms with Gasteiger partial charge in [0.2, 0.25) is 0 Å². The normalized spacial score (nSPS) is 18.1. The van der Waals surface area contributed by atoms with Gasteiger partial charge in [0.1, 0.15) is 23.1 Å². The Balaban J connectivity index is 1.09. The second-order valence-corrected chi connectivity index (χ2v) is 14.4. The number of fused-ring (bicyclic) bond motifs is 2. The Morgan fingerprint density at radius 1 is 1.10 bits per heavy atom. The van der Waals surface area contributed by atoms with Crippen molar-refractivity contribution in [3.8, 4) is 22.6 Å². The maximum Gasteiger partial charge on any atom is 0.323 e. The average molecular weight is 735 g/mol. The molecule has 51 heavy (non-hydrogen) atoms. The second-order valence-electron chi connectivity index (χ2n) is 13.6. The van der Waals surface area contributed by atoms with Crippen LogP contribution in [-0.4, -0.2) is 68.4 Å². The molecule has 1 saturated carbocycles. The van der Waals surface area contributed by atoms with Crippen LogP contribution in [0, 0.1) is 0 Å². The van der Waals surface area contributed by atoms with Crippen molar-refractivity contribution >= 4 is 40.8 Å².